The number of methoxy groups -OCH3 is 1. The average Bonchev–Trinajstić information content (AvgIpc) is 3.18. The van der Waals surface area contributed by atoms with E-state index < -0.39 is 11.7 Å². The van der Waals surface area contributed by atoms with Crippen LogP contribution >= 0.6 is 0 Å². The number of carbonyl (C=O) groups excluding carboxylic acids is 2. The predicted octanol–water partition coefficient (Wildman–Crippen LogP) is 3.57. The molecule has 2 aromatic carbocycles. The van der Waals surface area contributed by atoms with Gasteiger partial charge in [-0.25, -0.2) is 4.39 Å². The van der Waals surface area contributed by atoms with E-state index in [2.05, 4.69) is 4.98 Å². The van der Waals surface area contributed by atoms with Crippen molar-refractivity contribution in [1.29, 1.82) is 0 Å². The van der Waals surface area contributed by atoms with Crippen LogP contribution in [0.15, 0.2) is 48.7 Å². The summed E-state index contributed by atoms with van der Waals surface area (Å²) in [7, 11) is 1.55. The van der Waals surface area contributed by atoms with Crippen molar-refractivity contribution in [1.82, 2.24) is 9.88 Å². The van der Waals surface area contributed by atoms with Crippen molar-refractivity contribution < 1.29 is 23.5 Å². The van der Waals surface area contributed by atoms with E-state index in [4.69, 9.17) is 9.47 Å². The standard InChI is InChI=1S/C22H21FN2O4/c1-28-17-6-7-20-18(12-17)19(13-24-20)21(26)22(27)25-10-8-16(9-11-25)29-15-4-2-14(23)3-5-15/h2-7,12-13,16,24H,8-11H2,1H3. The molecule has 3 aromatic rings. The Kier molecular flexibility index (Phi) is 5.20. The van der Waals surface area contributed by atoms with Crippen LogP contribution in [0.3, 0.4) is 0 Å². The topological polar surface area (TPSA) is 71.6 Å². The van der Waals surface area contributed by atoms with E-state index in [1.54, 1.807) is 42.5 Å². The summed E-state index contributed by atoms with van der Waals surface area (Å²) >= 11 is 0. The van der Waals surface area contributed by atoms with Crippen LogP contribution in [0, 0.1) is 5.82 Å². The average molecular weight is 396 g/mol. The molecule has 0 radical (unpaired) electrons. The second kappa shape index (κ2) is 7.95. The maximum absolute atomic E-state index is 13.0. The van der Waals surface area contributed by atoms with Crippen molar-refractivity contribution in [3.05, 3.63) is 60.0 Å². The number of H-pyrrole nitrogens is 1. The van der Waals surface area contributed by atoms with Crippen LogP contribution < -0.4 is 9.47 Å². The number of benzene rings is 2. The molecule has 1 aliphatic rings. The number of aromatic nitrogens is 1. The second-order valence-corrected chi connectivity index (χ2v) is 7.01. The number of nitrogens with one attached hydrogen (secondary N) is 1. The minimum atomic E-state index is -0.539. The highest BCUT2D eigenvalue weighted by Gasteiger charge is 2.29. The van der Waals surface area contributed by atoms with Crippen molar-refractivity contribution in [3.63, 3.8) is 0 Å². The van der Waals surface area contributed by atoms with Crippen molar-refractivity contribution in [2.45, 2.75) is 18.9 Å². The zero-order chi connectivity index (χ0) is 20.4. The number of piperidine rings is 1. The van der Waals surface area contributed by atoms with Gasteiger partial charge in [-0.05, 0) is 42.5 Å². The van der Waals surface area contributed by atoms with Gasteiger partial charge in [0.2, 0.25) is 0 Å². The summed E-state index contributed by atoms with van der Waals surface area (Å²) in [6.45, 7) is 0.865. The van der Waals surface area contributed by atoms with Gasteiger partial charge in [-0.15, -0.1) is 0 Å². The molecule has 0 aliphatic carbocycles. The highest BCUT2D eigenvalue weighted by atomic mass is 19.1. The third kappa shape index (κ3) is 3.94. The van der Waals surface area contributed by atoms with Crippen LogP contribution in [0.5, 0.6) is 11.5 Å². The molecule has 1 saturated heterocycles. The van der Waals surface area contributed by atoms with Gasteiger partial charge in [-0.1, -0.05) is 0 Å². The third-order valence-electron chi connectivity index (χ3n) is 5.17. The monoisotopic (exact) mass is 396 g/mol. The number of Topliss-reactive ketones (excluding diaryl/α,β-unsaturated/α-hetero) is 1. The molecule has 0 unspecified atom stereocenters. The predicted molar refractivity (Wildman–Crippen MR) is 106 cm³/mol. The van der Waals surface area contributed by atoms with Crippen LogP contribution in [0.25, 0.3) is 10.9 Å². The summed E-state index contributed by atoms with van der Waals surface area (Å²) in [4.78, 5) is 30.1. The van der Waals surface area contributed by atoms with Gasteiger partial charge >= 0.3 is 0 Å². The number of fused-ring (bicyclic) bond motifs is 1. The number of aromatic amines is 1. The second-order valence-electron chi connectivity index (χ2n) is 7.01. The highest BCUT2D eigenvalue weighted by Crippen LogP contribution is 2.25. The number of nitrogens with zero attached hydrogens (tertiary/aromatic N) is 1. The van der Waals surface area contributed by atoms with E-state index in [1.807, 2.05) is 6.07 Å². The SMILES string of the molecule is COc1ccc2[nH]cc(C(=O)C(=O)N3CCC(Oc4ccc(F)cc4)CC3)c2c1. The zero-order valence-corrected chi connectivity index (χ0v) is 16.0. The molecule has 7 heteroatoms. The molecule has 1 aliphatic heterocycles. The quantitative estimate of drug-likeness (QED) is 0.529. The molecule has 1 aromatic heterocycles. The third-order valence-corrected chi connectivity index (χ3v) is 5.17. The molecule has 1 fully saturated rings. The first-order valence-corrected chi connectivity index (χ1v) is 9.46. The lowest BCUT2D eigenvalue weighted by Crippen LogP contribution is -2.44. The first-order chi connectivity index (χ1) is 14.0. The number of hydrogen-bond acceptors (Lipinski definition) is 4. The fraction of sp³-hybridized carbons (Fsp3) is 0.273. The maximum atomic E-state index is 13.0. The molecule has 2 heterocycles. The highest BCUT2D eigenvalue weighted by molar-refractivity contribution is 6.44. The number of hydrogen-bond donors (Lipinski definition) is 1. The lowest BCUT2D eigenvalue weighted by atomic mass is 10.0. The Bertz CT molecular complexity index is 1040. The van der Waals surface area contributed by atoms with Crippen LogP contribution in [0.1, 0.15) is 23.2 Å². The lowest BCUT2D eigenvalue weighted by molar-refractivity contribution is -0.128. The molecule has 150 valence electrons. The van der Waals surface area contributed by atoms with Crippen molar-refractivity contribution in [2.75, 3.05) is 20.2 Å². The number of amides is 1. The fourth-order valence-electron chi connectivity index (χ4n) is 3.56. The molecule has 4 rings (SSSR count). The number of likely N-dealkylation sites (tertiary alicyclic amines) is 1. The number of rotatable bonds is 5. The Hall–Kier alpha value is -3.35. The minimum Gasteiger partial charge on any atom is -0.497 e. The Balaban J connectivity index is 1.40. The van der Waals surface area contributed by atoms with Gasteiger partial charge in [-0.3, -0.25) is 9.59 Å². The molecule has 0 spiro atoms. The Morgan fingerprint density at radius 2 is 1.76 bits per heavy atom. The summed E-state index contributed by atoms with van der Waals surface area (Å²) < 4.78 is 24.1. The van der Waals surface area contributed by atoms with E-state index in [0.717, 1.165) is 5.52 Å². The summed E-state index contributed by atoms with van der Waals surface area (Å²) in [5.41, 5.74) is 1.11. The minimum absolute atomic E-state index is 0.0723. The summed E-state index contributed by atoms with van der Waals surface area (Å²) in [5, 5.41) is 0.664. The number of ether oxygens (including phenoxy) is 2. The van der Waals surface area contributed by atoms with Crippen molar-refractivity contribution in [3.8, 4) is 11.5 Å². The largest absolute Gasteiger partial charge is 0.497 e. The first-order valence-electron chi connectivity index (χ1n) is 9.46. The number of halogens is 1. The molecular formula is C22H21FN2O4. The van der Waals surface area contributed by atoms with Crippen molar-refractivity contribution >= 4 is 22.6 Å². The molecular weight excluding hydrogens is 375 g/mol. The van der Waals surface area contributed by atoms with Crippen molar-refractivity contribution in [2.24, 2.45) is 0 Å². The van der Waals surface area contributed by atoms with E-state index in [0.29, 0.717) is 48.4 Å². The fourth-order valence-corrected chi connectivity index (χ4v) is 3.56. The van der Waals surface area contributed by atoms with Crippen LogP contribution in [-0.4, -0.2) is 47.9 Å². The van der Waals surface area contributed by atoms with E-state index in [-0.39, 0.29) is 11.9 Å². The normalized spacial score (nSPS) is 14.8. The molecule has 0 atom stereocenters. The number of ketones is 1. The molecule has 29 heavy (non-hydrogen) atoms. The van der Waals surface area contributed by atoms with Crippen LogP contribution in [-0.2, 0) is 4.79 Å². The van der Waals surface area contributed by atoms with E-state index in [9.17, 15) is 14.0 Å². The Morgan fingerprint density at radius 1 is 1.07 bits per heavy atom. The first kappa shape index (κ1) is 19.0. The van der Waals surface area contributed by atoms with Gasteiger partial charge in [0.15, 0.2) is 0 Å². The zero-order valence-electron chi connectivity index (χ0n) is 16.0. The number of carbonyl (C=O) groups is 2. The molecule has 1 amide bonds. The van der Waals surface area contributed by atoms with Crippen LogP contribution in [0.2, 0.25) is 0 Å². The van der Waals surface area contributed by atoms with Gasteiger partial charge in [0.25, 0.3) is 11.7 Å². The summed E-state index contributed by atoms with van der Waals surface area (Å²) in [6, 6.07) is 11.2. The smallest absolute Gasteiger partial charge is 0.295 e. The Labute approximate surface area is 167 Å². The maximum Gasteiger partial charge on any atom is 0.295 e. The molecule has 6 nitrogen and oxygen atoms in total. The molecule has 0 saturated carbocycles. The summed E-state index contributed by atoms with van der Waals surface area (Å²) in [6.07, 6.45) is 2.71. The van der Waals surface area contributed by atoms with E-state index in [1.165, 1.54) is 12.1 Å². The molecule has 0 bridgehead atoms. The molecule has 1 N–H and O–H groups in total. The van der Waals surface area contributed by atoms with E-state index >= 15 is 0 Å². The van der Waals surface area contributed by atoms with Gasteiger partial charge in [0, 0.05) is 43.0 Å². The van der Waals surface area contributed by atoms with Gasteiger partial charge < -0.3 is 19.4 Å². The van der Waals surface area contributed by atoms with Gasteiger partial charge in [0.1, 0.15) is 23.4 Å². The van der Waals surface area contributed by atoms with Gasteiger partial charge in [-0.2, -0.15) is 0 Å². The van der Waals surface area contributed by atoms with Crippen LogP contribution in [0.4, 0.5) is 4.39 Å². The summed E-state index contributed by atoms with van der Waals surface area (Å²) in [5.74, 6) is -0.153. The lowest BCUT2D eigenvalue weighted by Gasteiger charge is -2.31. The van der Waals surface area contributed by atoms with Gasteiger partial charge in [0.05, 0.1) is 12.7 Å². The Morgan fingerprint density at radius 3 is 2.45 bits per heavy atom.